The van der Waals surface area contributed by atoms with Crippen molar-refractivity contribution < 1.29 is 14.3 Å². The van der Waals surface area contributed by atoms with Gasteiger partial charge in [0.15, 0.2) is 0 Å². The molecule has 1 unspecified atom stereocenters. The number of anilines is 1. The fourth-order valence-corrected chi connectivity index (χ4v) is 4.04. The van der Waals surface area contributed by atoms with Gasteiger partial charge < -0.3 is 19.8 Å². The Morgan fingerprint density at radius 1 is 1.13 bits per heavy atom. The monoisotopic (exact) mass is 407 g/mol. The molecule has 2 saturated heterocycles. The zero-order valence-electron chi connectivity index (χ0n) is 16.7. The normalized spacial score (nSPS) is 19.9. The van der Waals surface area contributed by atoms with Gasteiger partial charge in [-0.25, -0.2) is 9.78 Å². The number of hydrogen-bond acceptors (Lipinski definition) is 6. The molecule has 3 aromatic rings. The number of nitrogens with one attached hydrogen (secondary N) is 2. The number of H-pyrrole nitrogens is 1. The third-order valence-electron chi connectivity index (χ3n) is 5.71. The lowest BCUT2D eigenvalue weighted by atomic mass is 10.1. The fourth-order valence-electron chi connectivity index (χ4n) is 4.04. The van der Waals surface area contributed by atoms with Crippen LogP contribution in [0.25, 0.3) is 11.0 Å². The Balaban J connectivity index is 1.26. The van der Waals surface area contributed by atoms with Gasteiger partial charge in [0.05, 0.1) is 29.1 Å². The molecule has 2 fully saturated rings. The first kappa shape index (κ1) is 18.9. The molecule has 8 heteroatoms. The van der Waals surface area contributed by atoms with Gasteiger partial charge in [-0.05, 0) is 35.9 Å². The summed E-state index contributed by atoms with van der Waals surface area (Å²) >= 11 is 0. The average Bonchev–Trinajstić information content (AvgIpc) is 3.41. The van der Waals surface area contributed by atoms with Crippen LogP contribution in [-0.4, -0.2) is 66.9 Å². The van der Waals surface area contributed by atoms with Gasteiger partial charge in [-0.3, -0.25) is 9.80 Å². The summed E-state index contributed by atoms with van der Waals surface area (Å²) in [6, 6.07) is 13.5. The maximum Gasteiger partial charge on any atom is 0.415 e. The van der Waals surface area contributed by atoms with Gasteiger partial charge in [0.1, 0.15) is 19.0 Å². The number of rotatable bonds is 6. The van der Waals surface area contributed by atoms with Crippen molar-refractivity contribution in [2.24, 2.45) is 0 Å². The Kier molecular flexibility index (Phi) is 5.25. The molecule has 0 radical (unpaired) electrons. The van der Waals surface area contributed by atoms with Crippen molar-refractivity contribution in [2.75, 3.05) is 50.8 Å². The Labute approximate surface area is 174 Å². The van der Waals surface area contributed by atoms with Crippen LogP contribution in [0.1, 0.15) is 11.6 Å². The fraction of sp³-hybridized carbons (Fsp3) is 0.364. The van der Waals surface area contributed by atoms with E-state index in [1.807, 2.05) is 42.5 Å². The van der Waals surface area contributed by atoms with Crippen LogP contribution >= 0.6 is 0 Å². The maximum absolute atomic E-state index is 12.4. The van der Waals surface area contributed by atoms with Crippen molar-refractivity contribution in [3.05, 3.63) is 54.4 Å². The summed E-state index contributed by atoms with van der Waals surface area (Å²) in [7, 11) is 0. The maximum atomic E-state index is 12.4. The molecule has 0 spiro atoms. The Morgan fingerprint density at radius 3 is 2.80 bits per heavy atom. The molecular formula is C22H25N5O3. The van der Waals surface area contributed by atoms with E-state index in [-0.39, 0.29) is 12.1 Å². The highest BCUT2D eigenvalue weighted by Gasteiger charge is 2.35. The molecule has 8 nitrogen and oxygen atoms in total. The zero-order chi connectivity index (χ0) is 20.3. The molecule has 2 N–H and O–H groups in total. The minimum atomic E-state index is -0.338. The van der Waals surface area contributed by atoms with Gasteiger partial charge in [-0.2, -0.15) is 0 Å². The summed E-state index contributed by atoms with van der Waals surface area (Å²) in [6.07, 6.45) is 1.31. The third-order valence-corrected chi connectivity index (χ3v) is 5.71. The zero-order valence-corrected chi connectivity index (χ0v) is 16.7. The molecule has 1 amide bonds. The molecule has 5 rings (SSSR count). The lowest BCUT2D eigenvalue weighted by molar-refractivity contribution is 0.179. The van der Waals surface area contributed by atoms with Crippen molar-refractivity contribution in [1.29, 1.82) is 0 Å². The lowest BCUT2D eigenvalue weighted by Crippen LogP contribution is -2.44. The quantitative estimate of drug-likeness (QED) is 0.654. The number of hydrogen-bond donors (Lipinski definition) is 2. The Hall–Kier alpha value is -3.10. The molecule has 30 heavy (non-hydrogen) atoms. The number of fused-ring (bicyclic) bond motifs is 1. The number of piperazine rings is 1. The Morgan fingerprint density at radius 2 is 1.97 bits per heavy atom. The van der Waals surface area contributed by atoms with Gasteiger partial charge >= 0.3 is 6.09 Å². The molecule has 1 aromatic heterocycles. The molecule has 0 bridgehead atoms. The number of amides is 1. The van der Waals surface area contributed by atoms with Gasteiger partial charge in [0, 0.05) is 32.7 Å². The SMILES string of the molecule is O=C1OCC(c2ccc(OCCN3CCNCC3)cc2)N1c1ccc2nc[nH]c2c1. The minimum absolute atomic E-state index is 0.173. The van der Waals surface area contributed by atoms with Gasteiger partial charge in [0.2, 0.25) is 0 Å². The van der Waals surface area contributed by atoms with E-state index in [2.05, 4.69) is 20.2 Å². The summed E-state index contributed by atoms with van der Waals surface area (Å²) in [5.74, 6) is 0.838. The van der Waals surface area contributed by atoms with Crippen LogP contribution in [0.4, 0.5) is 10.5 Å². The van der Waals surface area contributed by atoms with Gasteiger partial charge in [0.25, 0.3) is 0 Å². The van der Waals surface area contributed by atoms with E-state index in [1.54, 1.807) is 11.2 Å². The van der Waals surface area contributed by atoms with Crippen molar-refractivity contribution in [3.63, 3.8) is 0 Å². The second-order valence-corrected chi connectivity index (χ2v) is 7.58. The first-order chi connectivity index (χ1) is 14.8. The molecule has 2 aliphatic rings. The summed E-state index contributed by atoms with van der Waals surface area (Å²) < 4.78 is 11.3. The number of aromatic amines is 1. The van der Waals surface area contributed by atoms with E-state index in [9.17, 15) is 4.79 Å². The minimum Gasteiger partial charge on any atom is -0.492 e. The molecule has 3 heterocycles. The summed E-state index contributed by atoms with van der Waals surface area (Å²) in [5, 5.41) is 3.36. The Bertz CT molecular complexity index is 1010. The number of carbonyl (C=O) groups is 1. The topological polar surface area (TPSA) is 82.7 Å². The third kappa shape index (κ3) is 3.83. The average molecular weight is 407 g/mol. The van der Waals surface area contributed by atoms with Gasteiger partial charge in [-0.15, -0.1) is 0 Å². The number of ether oxygens (including phenoxy) is 2. The van der Waals surface area contributed by atoms with Crippen LogP contribution in [0.3, 0.4) is 0 Å². The highest BCUT2D eigenvalue weighted by atomic mass is 16.6. The van der Waals surface area contributed by atoms with E-state index < -0.39 is 0 Å². The first-order valence-electron chi connectivity index (χ1n) is 10.3. The molecular weight excluding hydrogens is 382 g/mol. The molecule has 0 saturated carbocycles. The highest BCUT2D eigenvalue weighted by molar-refractivity contribution is 5.93. The number of nitrogens with zero attached hydrogens (tertiary/aromatic N) is 3. The van der Waals surface area contributed by atoms with Crippen LogP contribution in [0.2, 0.25) is 0 Å². The van der Waals surface area contributed by atoms with E-state index in [0.29, 0.717) is 13.2 Å². The molecule has 2 aliphatic heterocycles. The van der Waals surface area contributed by atoms with Crippen LogP contribution < -0.4 is 15.0 Å². The predicted octanol–water partition coefficient (Wildman–Crippen LogP) is 2.54. The van der Waals surface area contributed by atoms with E-state index in [1.165, 1.54) is 0 Å². The van der Waals surface area contributed by atoms with Crippen molar-refractivity contribution >= 4 is 22.8 Å². The summed E-state index contributed by atoms with van der Waals surface area (Å²) in [4.78, 5) is 23.9. The number of aromatic nitrogens is 2. The van der Waals surface area contributed by atoms with Crippen LogP contribution in [0, 0.1) is 0 Å². The number of cyclic esters (lactones) is 1. The lowest BCUT2D eigenvalue weighted by Gasteiger charge is -2.27. The number of carbonyl (C=O) groups excluding carboxylic acids is 1. The van der Waals surface area contributed by atoms with Crippen LogP contribution in [0.15, 0.2) is 48.8 Å². The van der Waals surface area contributed by atoms with E-state index in [0.717, 1.165) is 60.8 Å². The smallest absolute Gasteiger partial charge is 0.415 e. The standard InChI is InChI=1S/C22H25N5O3/c28-22-27(17-3-6-19-20(13-17)25-15-24-19)21(14-30-22)16-1-4-18(5-2-16)29-12-11-26-9-7-23-8-10-26/h1-6,13,15,21,23H,7-12,14H2,(H,24,25). The van der Waals surface area contributed by atoms with Crippen molar-refractivity contribution in [1.82, 2.24) is 20.2 Å². The van der Waals surface area contributed by atoms with E-state index >= 15 is 0 Å². The summed E-state index contributed by atoms with van der Waals surface area (Å²) in [6.45, 7) is 6.14. The van der Waals surface area contributed by atoms with Crippen molar-refractivity contribution in [2.45, 2.75) is 6.04 Å². The second-order valence-electron chi connectivity index (χ2n) is 7.58. The molecule has 0 aliphatic carbocycles. The largest absolute Gasteiger partial charge is 0.492 e. The van der Waals surface area contributed by atoms with Crippen molar-refractivity contribution in [3.8, 4) is 5.75 Å². The molecule has 2 aromatic carbocycles. The second kappa shape index (κ2) is 8.33. The highest BCUT2D eigenvalue weighted by Crippen LogP contribution is 2.34. The number of benzene rings is 2. The number of imidazole rings is 1. The van der Waals surface area contributed by atoms with Crippen LogP contribution in [-0.2, 0) is 4.74 Å². The molecule has 156 valence electrons. The first-order valence-corrected chi connectivity index (χ1v) is 10.3. The van der Waals surface area contributed by atoms with Gasteiger partial charge in [-0.1, -0.05) is 12.1 Å². The van der Waals surface area contributed by atoms with E-state index in [4.69, 9.17) is 9.47 Å². The molecule has 1 atom stereocenters. The predicted molar refractivity (Wildman–Crippen MR) is 114 cm³/mol. The van der Waals surface area contributed by atoms with Crippen LogP contribution in [0.5, 0.6) is 5.75 Å². The summed E-state index contributed by atoms with van der Waals surface area (Å²) in [5.41, 5.74) is 3.56.